The molecular weight excluding hydrogens is 364 g/mol. The second-order valence-electron chi connectivity index (χ2n) is 10.0. The Morgan fingerprint density at radius 2 is 1.03 bits per heavy atom. The molecule has 0 amide bonds. The van der Waals surface area contributed by atoms with E-state index in [1.807, 2.05) is 0 Å². The van der Waals surface area contributed by atoms with Gasteiger partial charge in [-0.2, -0.15) is 0 Å². The third-order valence-corrected chi connectivity index (χ3v) is 7.03. The van der Waals surface area contributed by atoms with Crippen LogP contribution in [0.1, 0.15) is 162 Å². The van der Waals surface area contributed by atoms with Gasteiger partial charge in [-0.1, -0.05) is 130 Å². The summed E-state index contributed by atoms with van der Waals surface area (Å²) in [6.07, 6.45) is 30.6. The Morgan fingerprint density at radius 1 is 0.600 bits per heavy atom. The topological polar surface area (TPSA) is 24.4 Å². The van der Waals surface area contributed by atoms with Crippen molar-refractivity contribution in [3.63, 3.8) is 0 Å². The maximum atomic E-state index is 4.80. The van der Waals surface area contributed by atoms with Crippen molar-refractivity contribution in [1.29, 1.82) is 0 Å². The molecule has 0 unspecified atom stereocenters. The Bertz CT molecular complexity index is 395. The largest absolute Gasteiger partial charge is 0.368 e. The lowest BCUT2D eigenvalue weighted by molar-refractivity contribution is 0.288. The van der Waals surface area contributed by atoms with Gasteiger partial charge in [-0.25, -0.2) is 0 Å². The number of nitrogens with one attached hydrogen (secondary N) is 1. The third kappa shape index (κ3) is 13.7. The molecule has 1 rings (SSSR count). The van der Waals surface area contributed by atoms with Crippen LogP contribution in [0.3, 0.4) is 0 Å². The molecule has 1 aliphatic rings. The van der Waals surface area contributed by atoms with Gasteiger partial charge in [-0.15, -0.1) is 0 Å². The van der Waals surface area contributed by atoms with Crippen LogP contribution in [-0.2, 0) is 0 Å². The normalized spacial score (nSPS) is 15.8. The molecule has 1 aliphatic heterocycles. The van der Waals surface area contributed by atoms with Crippen molar-refractivity contribution in [2.45, 2.75) is 168 Å². The first kappa shape index (κ1) is 27.5. The monoisotopic (exact) mass is 420 g/mol. The molecule has 0 atom stereocenters. The van der Waals surface area contributed by atoms with E-state index in [0.29, 0.717) is 5.54 Å². The molecule has 0 bridgehead atoms. The van der Waals surface area contributed by atoms with Crippen LogP contribution < -0.4 is 5.32 Å². The highest BCUT2D eigenvalue weighted by Crippen LogP contribution is 2.27. The van der Waals surface area contributed by atoms with Crippen LogP contribution in [0.15, 0.2) is 4.99 Å². The summed E-state index contributed by atoms with van der Waals surface area (Å²) < 4.78 is 0. The van der Waals surface area contributed by atoms with E-state index in [2.05, 4.69) is 26.1 Å². The number of rotatable bonds is 21. The van der Waals surface area contributed by atoms with E-state index in [1.54, 1.807) is 0 Å². The Balaban J connectivity index is 1.90. The lowest BCUT2D eigenvalue weighted by atomic mass is 9.84. The molecule has 0 aromatic rings. The molecule has 0 radical (unpaired) electrons. The van der Waals surface area contributed by atoms with Crippen molar-refractivity contribution in [2.24, 2.45) is 4.99 Å². The Morgan fingerprint density at radius 3 is 1.47 bits per heavy atom. The maximum Gasteiger partial charge on any atom is 0.0967 e. The van der Waals surface area contributed by atoms with E-state index < -0.39 is 0 Å². The standard InChI is InChI=1S/C28H56N2/c1-4-7-8-9-10-11-12-13-14-15-16-17-18-19-20-21-22-27-29-26-25-28(30-27,23-5-2)24-6-3/h4-26H2,1-3H3,(H,29,30). The first-order valence-electron chi connectivity index (χ1n) is 14.1. The average Bonchev–Trinajstić information content (AvgIpc) is 2.74. The molecule has 30 heavy (non-hydrogen) atoms. The van der Waals surface area contributed by atoms with Gasteiger partial charge in [-0.3, -0.25) is 4.99 Å². The van der Waals surface area contributed by atoms with Crippen LogP contribution in [0.5, 0.6) is 0 Å². The molecule has 0 spiro atoms. The van der Waals surface area contributed by atoms with Crippen molar-refractivity contribution in [3.8, 4) is 0 Å². The number of hydrogen-bond donors (Lipinski definition) is 1. The first-order chi connectivity index (χ1) is 14.8. The second-order valence-corrected chi connectivity index (χ2v) is 10.0. The fourth-order valence-corrected chi connectivity index (χ4v) is 5.25. The molecule has 0 fully saturated rings. The van der Waals surface area contributed by atoms with Crippen LogP contribution in [0.25, 0.3) is 0 Å². The molecule has 0 saturated carbocycles. The van der Waals surface area contributed by atoms with Crippen molar-refractivity contribution in [1.82, 2.24) is 5.32 Å². The van der Waals surface area contributed by atoms with Gasteiger partial charge in [0.15, 0.2) is 0 Å². The number of hydrogen-bond acceptors (Lipinski definition) is 2. The molecule has 178 valence electrons. The van der Waals surface area contributed by atoms with Gasteiger partial charge in [0.1, 0.15) is 0 Å². The molecule has 0 saturated heterocycles. The van der Waals surface area contributed by atoms with E-state index in [0.717, 1.165) is 6.54 Å². The van der Waals surface area contributed by atoms with Crippen LogP contribution in [0, 0.1) is 0 Å². The minimum Gasteiger partial charge on any atom is -0.368 e. The predicted octanol–water partition coefficient (Wildman–Crippen LogP) is 9.37. The van der Waals surface area contributed by atoms with Crippen LogP contribution in [0.2, 0.25) is 0 Å². The zero-order chi connectivity index (χ0) is 21.8. The van der Waals surface area contributed by atoms with Crippen molar-refractivity contribution in [2.75, 3.05) is 6.54 Å². The molecule has 1 N–H and O–H groups in total. The molecular formula is C28H56N2. The molecule has 2 nitrogen and oxygen atoms in total. The number of unbranched alkanes of at least 4 members (excludes halogenated alkanes) is 15. The van der Waals surface area contributed by atoms with Crippen molar-refractivity contribution < 1.29 is 0 Å². The highest BCUT2D eigenvalue weighted by Gasteiger charge is 2.31. The van der Waals surface area contributed by atoms with Gasteiger partial charge in [0, 0.05) is 18.5 Å². The predicted molar refractivity (Wildman–Crippen MR) is 137 cm³/mol. The molecule has 0 aromatic heterocycles. The highest BCUT2D eigenvalue weighted by atomic mass is 15.1. The van der Waals surface area contributed by atoms with E-state index in [9.17, 15) is 0 Å². The van der Waals surface area contributed by atoms with Gasteiger partial charge in [0.25, 0.3) is 0 Å². The Labute approximate surface area is 190 Å². The SMILES string of the molecule is CCCCCCCCCCCCCCCCCCC1=NCCC(CCC)(CCC)N1. The van der Waals surface area contributed by atoms with Crippen LogP contribution >= 0.6 is 0 Å². The fourth-order valence-electron chi connectivity index (χ4n) is 5.25. The summed E-state index contributed by atoms with van der Waals surface area (Å²) in [5.41, 5.74) is 0.357. The second kappa shape index (κ2) is 19.2. The lowest BCUT2D eigenvalue weighted by Gasteiger charge is -2.39. The molecule has 0 aromatic carbocycles. The molecule has 1 heterocycles. The van der Waals surface area contributed by atoms with E-state index in [4.69, 9.17) is 4.99 Å². The van der Waals surface area contributed by atoms with Crippen LogP contribution in [0.4, 0.5) is 0 Å². The van der Waals surface area contributed by atoms with Gasteiger partial charge in [0.05, 0.1) is 5.84 Å². The van der Waals surface area contributed by atoms with E-state index >= 15 is 0 Å². The number of aliphatic imine (C=N–C) groups is 1. The summed E-state index contributed by atoms with van der Waals surface area (Å²) in [6.45, 7) is 7.98. The minimum atomic E-state index is 0.357. The zero-order valence-corrected chi connectivity index (χ0v) is 21.2. The summed E-state index contributed by atoms with van der Waals surface area (Å²) >= 11 is 0. The zero-order valence-electron chi connectivity index (χ0n) is 21.2. The number of amidine groups is 1. The van der Waals surface area contributed by atoms with Gasteiger partial charge >= 0.3 is 0 Å². The minimum absolute atomic E-state index is 0.357. The van der Waals surface area contributed by atoms with Gasteiger partial charge in [-0.05, 0) is 25.7 Å². The first-order valence-corrected chi connectivity index (χ1v) is 14.1. The van der Waals surface area contributed by atoms with E-state index in [-0.39, 0.29) is 0 Å². The molecule has 2 heteroatoms. The van der Waals surface area contributed by atoms with Gasteiger partial charge in [0.2, 0.25) is 0 Å². The van der Waals surface area contributed by atoms with Gasteiger partial charge < -0.3 is 5.32 Å². The maximum absolute atomic E-state index is 4.80. The summed E-state index contributed by atoms with van der Waals surface area (Å²) in [5, 5.41) is 3.87. The summed E-state index contributed by atoms with van der Waals surface area (Å²) in [7, 11) is 0. The smallest absolute Gasteiger partial charge is 0.0967 e. The summed E-state index contributed by atoms with van der Waals surface area (Å²) in [6, 6.07) is 0. The Kier molecular flexibility index (Phi) is 17.6. The average molecular weight is 421 g/mol. The number of nitrogens with zero attached hydrogens (tertiary/aromatic N) is 1. The highest BCUT2D eigenvalue weighted by molar-refractivity contribution is 5.83. The molecule has 0 aliphatic carbocycles. The summed E-state index contributed by atoms with van der Waals surface area (Å²) in [4.78, 5) is 4.80. The quantitative estimate of drug-likeness (QED) is 0.184. The lowest BCUT2D eigenvalue weighted by Crippen LogP contribution is -2.51. The fraction of sp³-hybridized carbons (Fsp3) is 0.964. The van der Waals surface area contributed by atoms with Crippen molar-refractivity contribution >= 4 is 5.84 Å². The van der Waals surface area contributed by atoms with E-state index in [1.165, 1.54) is 147 Å². The summed E-state index contributed by atoms with van der Waals surface area (Å²) in [5.74, 6) is 1.31. The Hall–Kier alpha value is -0.530. The third-order valence-electron chi connectivity index (χ3n) is 7.03. The van der Waals surface area contributed by atoms with Crippen LogP contribution in [-0.4, -0.2) is 17.9 Å². The van der Waals surface area contributed by atoms with Crippen molar-refractivity contribution in [3.05, 3.63) is 0 Å².